The zero-order valence-corrected chi connectivity index (χ0v) is 12.2. The summed E-state index contributed by atoms with van der Waals surface area (Å²) < 4.78 is 20.9. The van der Waals surface area contributed by atoms with Crippen molar-refractivity contribution in [3.05, 3.63) is 40.4 Å². The first kappa shape index (κ1) is 14.6. The van der Waals surface area contributed by atoms with E-state index in [1.807, 2.05) is 0 Å². The molecule has 118 valence electrons. The van der Waals surface area contributed by atoms with E-state index in [2.05, 4.69) is 14.9 Å². The minimum absolute atomic E-state index is 0.00126. The van der Waals surface area contributed by atoms with E-state index in [-0.39, 0.29) is 22.5 Å². The molecule has 3 aromatic rings. The number of methoxy groups -OCH3 is 2. The van der Waals surface area contributed by atoms with Crippen molar-refractivity contribution in [3.63, 3.8) is 0 Å². The average Bonchev–Trinajstić information content (AvgIpc) is 3.04. The number of nitro groups is 1. The van der Waals surface area contributed by atoms with Crippen LogP contribution < -0.4 is 14.2 Å². The molecule has 0 N–H and O–H groups in total. The van der Waals surface area contributed by atoms with E-state index < -0.39 is 4.92 Å². The van der Waals surface area contributed by atoms with Crippen LogP contribution in [0.3, 0.4) is 0 Å². The Hall–Kier alpha value is -3.36. The van der Waals surface area contributed by atoms with Gasteiger partial charge in [-0.3, -0.25) is 10.1 Å². The van der Waals surface area contributed by atoms with Crippen LogP contribution in [-0.4, -0.2) is 29.5 Å². The van der Waals surface area contributed by atoms with Crippen LogP contribution in [0.4, 0.5) is 5.69 Å². The molecule has 1 heterocycles. The summed E-state index contributed by atoms with van der Waals surface area (Å²) in [5.41, 5.74) is -0.0888. The second-order valence-corrected chi connectivity index (χ2v) is 4.40. The van der Waals surface area contributed by atoms with Gasteiger partial charge in [0.2, 0.25) is 11.3 Å². The summed E-state index contributed by atoms with van der Waals surface area (Å²) in [5.74, 6) is 1.42. The van der Waals surface area contributed by atoms with Gasteiger partial charge in [-0.15, -0.1) is 0 Å². The summed E-state index contributed by atoms with van der Waals surface area (Å²) in [6.45, 7) is 0. The van der Waals surface area contributed by atoms with Crippen LogP contribution in [0.15, 0.2) is 35.0 Å². The third-order valence-electron chi connectivity index (χ3n) is 3.15. The first-order chi connectivity index (χ1) is 11.2. The fourth-order valence-corrected chi connectivity index (χ4v) is 2.09. The van der Waals surface area contributed by atoms with Crippen molar-refractivity contribution in [2.75, 3.05) is 14.2 Å². The monoisotopic (exact) mass is 317 g/mol. The molecule has 9 nitrogen and oxygen atoms in total. The highest BCUT2D eigenvalue weighted by molar-refractivity contribution is 5.88. The minimum atomic E-state index is -0.569. The van der Waals surface area contributed by atoms with Crippen molar-refractivity contribution in [2.24, 2.45) is 0 Å². The highest BCUT2D eigenvalue weighted by Crippen LogP contribution is 2.42. The Bertz CT molecular complexity index is 854. The first-order valence-corrected chi connectivity index (χ1v) is 6.44. The van der Waals surface area contributed by atoms with Crippen molar-refractivity contribution in [2.45, 2.75) is 0 Å². The number of nitrogens with zero attached hydrogens (tertiary/aromatic N) is 3. The summed E-state index contributed by atoms with van der Waals surface area (Å²) in [6.07, 6.45) is 0. The number of nitro benzene ring substituents is 1. The van der Waals surface area contributed by atoms with Crippen LogP contribution in [0.2, 0.25) is 0 Å². The van der Waals surface area contributed by atoms with E-state index in [9.17, 15) is 10.1 Å². The number of non-ortho nitro benzene ring substituents is 1. The normalized spacial score (nSPS) is 10.5. The van der Waals surface area contributed by atoms with E-state index in [0.717, 1.165) is 0 Å². The maximum Gasteiger partial charge on any atom is 0.301 e. The fourth-order valence-electron chi connectivity index (χ4n) is 2.09. The van der Waals surface area contributed by atoms with E-state index in [1.54, 1.807) is 18.2 Å². The number of ether oxygens (including phenoxy) is 3. The van der Waals surface area contributed by atoms with Crippen LogP contribution in [0.5, 0.6) is 23.0 Å². The smallest absolute Gasteiger partial charge is 0.301 e. The van der Waals surface area contributed by atoms with Gasteiger partial charge in [0, 0.05) is 6.07 Å². The van der Waals surface area contributed by atoms with Crippen LogP contribution in [0.1, 0.15) is 0 Å². The molecule has 0 spiro atoms. The molecule has 23 heavy (non-hydrogen) atoms. The van der Waals surface area contributed by atoms with Gasteiger partial charge in [0.1, 0.15) is 0 Å². The molecule has 0 aliphatic rings. The fraction of sp³-hybridized carbons (Fsp3) is 0.143. The summed E-state index contributed by atoms with van der Waals surface area (Å²) >= 11 is 0. The van der Waals surface area contributed by atoms with Gasteiger partial charge in [-0.2, -0.15) is 0 Å². The van der Waals surface area contributed by atoms with Gasteiger partial charge in [-0.1, -0.05) is 6.07 Å². The number of hydrogen-bond acceptors (Lipinski definition) is 8. The highest BCUT2D eigenvalue weighted by atomic mass is 16.6. The largest absolute Gasteiger partial charge is 0.493 e. The number of rotatable bonds is 5. The molecule has 1 aromatic heterocycles. The van der Waals surface area contributed by atoms with Gasteiger partial charge in [0.25, 0.3) is 0 Å². The minimum Gasteiger partial charge on any atom is -0.493 e. The highest BCUT2D eigenvalue weighted by Gasteiger charge is 2.22. The van der Waals surface area contributed by atoms with Gasteiger partial charge < -0.3 is 14.2 Å². The summed E-state index contributed by atoms with van der Waals surface area (Å²) in [7, 11) is 2.98. The van der Waals surface area contributed by atoms with E-state index in [4.69, 9.17) is 14.2 Å². The summed E-state index contributed by atoms with van der Waals surface area (Å²) in [6, 6.07) is 7.82. The van der Waals surface area contributed by atoms with Crippen LogP contribution in [0, 0.1) is 10.1 Å². The molecule has 0 amide bonds. The Labute approximate surface area is 129 Å². The Kier molecular flexibility index (Phi) is 3.67. The Morgan fingerprint density at radius 1 is 1.00 bits per heavy atom. The predicted molar refractivity (Wildman–Crippen MR) is 78.1 cm³/mol. The topological polar surface area (TPSA) is 110 Å². The lowest BCUT2D eigenvalue weighted by molar-refractivity contribution is -0.383. The van der Waals surface area contributed by atoms with Gasteiger partial charge in [-0.05, 0) is 28.5 Å². The van der Waals surface area contributed by atoms with Crippen molar-refractivity contribution in [1.29, 1.82) is 0 Å². The van der Waals surface area contributed by atoms with Crippen LogP contribution in [-0.2, 0) is 0 Å². The van der Waals surface area contributed by atoms with E-state index in [0.29, 0.717) is 17.2 Å². The third kappa shape index (κ3) is 2.48. The molecule has 0 fully saturated rings. The van der Waals surface area contributed by atoms with Crippen molar-refractivity contribution >= 4 is 16.7 Å². The number of benzene rings is 2. The Morgan fingerprint density at radius 2 is 1.65 bits per heavy atom. The Morgan fingerprint density at radius 3 is 2.26 bits per heavy atom. The standard InChI is InChI=1S/C14H11N3O6/c1-20-10-4-3-5-11(21-2)14(10)22-9-7-6-8(17(18)19)12-13(9)16-23-15-12/h3-7H,1-2H3. The third-order valence-corrected chi connectivity index (χ3v) is 3.15. The molecule has 2 aromatic carbocycles. The molecule has 0 unspecified atom stereocenters. The van der Waals surface area contributed by atoms with Crippen molar-refractivity contribution in [1.82, 2.24) is 10.3 Å². The molecule has 0 saturated carbocycles. The van der Waals surface area contributed by atoms with E-state index in [1.165, 1.54) is 26.4 Å². The van der Waals surface area contributed by atoms with Gasteiger partial charge in [-0.25, -0.2) is 4.63 Å². The number of para-hydroxylation sites is 1. The molecular formula is C14H11N3O6. The summed E-state index contributed by atoms with van der Waals surface area (Å²) in [4.78, 5) is 10.4. The maximum atomic E-state index is 11.0. The quantitative estimate of drug-likeness (QED) is 0.522. The van der Waals surface area contributed by atoms with Gasteiger partial charge in [0.15, 0.2) is 22.8 Å². The number of aromatic nitrogens is 2. The second kappa shape index (κ2) is 5.79. The number of hydrogen-bond donors (Lipinski definition) is 0. The van der Waals surface area contributed by atoms with Gasteiger partial charge in [0.05, 0.1) is 19.1 Å². The zero-order chi connectivity index (χ0) is 16.4. The lowest BCUT2D eigenvalue weighted by atomic mass is 10.2. The molecule has 3 rings (SSSR count). The molecule has 0 radical (unpaired) electrons. The zero-order valence-electron chi connectivity index (χ0n) is 12.2. The van der Waals surface area contributed by atoms with Crippen molar-refractivity contribution in [3.8, 4) is 23.0 Å². The summed E-state index contributed by atoms with van der Waals surface area (Å²) in [5, 5.41) is 18.2. The molecule has 0 atom stereocenters. The van der Waals surface area contributed by atoms with Gasteiger partial charge >= 0.3 is 5.69 Å². The molecular weight excluding hydrogens is 306 g/mol. The molecule has 0 saturated heterocycles. The Balaban J connectivity index is 2.12. The first-order valence-electron chi connectivity index (χ1n) is 6.44. The van der Waals surface area contributed by atoms with Crippen LogP contribution in [0.25, 0.3) is 11.0 Å². The van der Waals surface area contributed by atoms with E-state index >= 15 is 0 Å². The molecule has 0 bridgehead atoms. The molecule has 9 heteroatoms. The molecule has 0 aliphatic carbocycles. The second-order valence-electron chi connectivity index (χ2n) is 4.40. The lowest BCUT2D eigenvalue weighted by Crippen LogP contribution is -1.96. The van der Waals surface area contributed by atoms with Crippen molar-refractivity contribution < 1.29 is 23.8 Å². The lowest BCUT2D eigenvalue weighted by Gasteiger charge is -2.13. The predicted octanol–water partition coefficient (Wildman–Crippen LogP) is 2.94. The number of fused-ring (bicyclic) bond motifs is 1. The SMILES string of the molecule is COc1cccc(OC)c1Oc1ccc([N+](=O)[O-])c2nonc12. The maximum absolute atomic E-state index is 11.0. The molecule has 0 aliphatic heterocycles. The average molecular weight is 317 g/mol. The van der Waals surface area contributed by atoms with Crippen LogP contribution >= 0.6 is 0 Å².